The van der Waals surface area contributed by atoms with Crippen LogP contribution in [-0.2, 0) is 9.59 Å². The number of amides is 2. The highest BCUT2D eigenvalue weighted by Gasteiger charge is 2.40. The third-order valence-corrected chi connectivity index (χ3v) is 5.44. The zero-order chi connectivity index (χ0) is 25.1. The van der Waals surface area contributed by atoms with Gasteiger partial charge in [0.15, 0.2) is 0 Å². The fourth-order valence-corrected chi connectivity index (χ4v) is 4.97. The molecule has 0 bridgehead atoms. The summed E-state index contributed by atoms with van der Waals surface area (Å²) in [6, 6.07) is 0. The Morgan fingerprint density at radius 2 is 0.806 bits per heavy atom. The lowest BCUT2D eigenvalue weighted by atomic mass is 9.73. The molecule has 0 aromatic heterocycles. The minimum absolute atomic E-state index is 0.0403. The molecule has 6 nitrogen and oxygen atoms in total. The highest BCUT2D eigenvalue weighted by atomic mass is 16.2. The van der Waals surface area contributed by atoms with Gasteiger partial charge in [0.05, 0.1) is 0 Å². The van der Waals surface area contributed by atoms with Crippen molar-refractivity contribution in [1.29, 1.82) is 0 Å². The molecule has 0 fully saturated rings. The summed E-state index contributed by atoms with van der Waals surface area (Å²) in [5.74, 6) is -0.0806. The second-order valence-corrected chi connectivity index (χ2v) is 14.0. The normalized spacial score (nSPS) is 14.4. The van der Waals surface area contributed by atoms with Crippen LogP contribution in [0.15, 0.2) is 0 Å². The molecule has 6 N–H and O–H groups in total. The quantitative estimate of drug-likeness (QED) is 0.368. The lowest BCUT2D eigenvalue weighted by molar-refractivity contribution is -0.136. The molecule has 0 rings (SSSR count). The van der Waals surface area contributed by atoms with E-state index in [9.17, 15) is 9.59 Å². The van der Waals surface area contributed by atoms with E-state index in [4.69, 9.17) is 11.5 Å². The summed E-state index contributed by atoms with van der Waals surface area (Å²) in [6.07, 6.45) is 2.04. The third kappa shape index (κ3) is 12.5. The molecule has 0 radical (unpaired) electrons. The van der Waals surface area contributed by atoms with Crippen molar-refractivity contribution >= 4 is 11.8 Å². The van der Waals surface area contributed by atoms with Gasteiger partial charge in [-0.1, -0.05) is 55.4 Å². The second-order valence-electron chi connectivity index (χ2n) is 14.0. The van der Waals surface area contributed by atoms with Crippen LogP contribution in [0, 0.1) is 21.7 Å². The molecule has 0 aliphatic rings. The summed E-state index contributed by atoms with van der Waals surface area (Å²) in [5.41, 5.74) is 10.2. The van der Waals surface area contributed by atoms with Crippen LogP contribution in [0.2, 0.25) is 0 Å². The average molecular weight is 441 g/mol. The predicted molar refractivity (Wildman–Crippen MR) is 132 cm³/mol. The SMILES string of the molecule is CC(C)(N)CC(C)(C)CNC(=O)C(C)(C)CC(C)(C)C(=O)NCC(C)(C)CC(C)(C)N. The van der Waals surface area contributed by atoms with Gasteiger partial charge in [0.1, 0.15) is 0 Å². The van der Waals surface area contributed by atoms with Gasteiger partial charge in [-0.3, -0.25) is 9.59 Å². The Kier molecular flexibility index (Phi) is 9.42. The Labute approximate surface area is 192 Å². The van der Waals surface area contributed by atoms with Crippen LogP contribution in [0.1, 0.15) is 102 Å². The molecule has 0 aliphatic carbocycles. The van der Waals surface area contributed by atoms with E-state index in [1.54, 1.807) is 0 Å². The molecule has 0 saturated carbocycles. The Hall–Kier alpha value is -1.14. The molecule has 31 heavy (non-hydrogen) atoms. The largest absolute Gasteiger partial charge is 0.355 e. The topological polar surface area (TPSA) is 110 Å². The molecule has 0 atom stereocenters. The fraction of sp³-hybridized carbons (Fsp3) is 0.920. The zero-order valence-electron chi connectivity index (χ0n) is 22.5. The van der Waals surface area contributed by atoms with Crippen LogP contribution in [0.4, 0.5) is 0 Å². The number of nitrogens with one attached hydrogen (secondary N) is 2. The van der Waals surface area contributed by atoms with Gasteiger partial charge >= 0.3 is 0 Å². The van der Waals surface area contributed by atoms with Crippen molar-refractivity contribution < 1.29 is 9.59 Å². The maximum Gasteiger partial charge on any atom is 0.225 e. The molecule has 0 aromatic rings. The van der Waals surface area contributed by atoms with Crippen molar-refractivity contribution in [3.8, 4) is 0 Å². The Bertz CT molecular complexity index is 566. The molecule has 184 valence electrons. The lowest BCUT2D eigenvalue weighted by Gasteiger charge is -2.37. The van der Waals surface area contributed by atoms with Crippen molar-refractivity contribution in [2.24, 2.45) is 33.1 Å². The van der Waals surface area contributed by atoms with Crippen LogP contribution in [0.5, 0.6) is 0 Å². The smallest absolute Gasteiger partial charge is 0.225 e. The predicted octanol–water partition coefficient (Wildman–Crippen LogP) is 3.97. The highest BCUT2D eigenvalue weighted by molar-refractivity contribution is 5.85. The number of nitrogens with two attached hydrogens (primary N) is 2. The Morgan fingerprint density at radius 1 is 0.548 bits per heavy atom. The van der Waals surface area contributed by atoms with Gasteiger partial charge in [-0.2, -0.15) is 0 Å². The van der Waals surface area contributed by atoms with Gasteiger partial charge in [-0.25, -0.2) is 0 Å². The Morgan fingerprint density at radius 3 is 1.03 bits per heavy atom. The third-order valence-electron chi connectivity index (χ3n) is 5.44. The van der Waals surface area contributed by atoms with E-state index in [0.717, 1.165) is 12.8 Å². The van der Waals surface area contributed by atoms with E-state index < -0.39 is 10.8 Å². The summed E-state index contributed by atoms with van der Waals surface area (Å²) < 4.78 is 0. The van der Waals surface area contributed by atoms with Crippen LogP contribution >= 0.6 is 0 Å². The average Bonchev–Trinajstić information content (AvgIpc) is 2.44. The first-order valence-corrected chi connectivity index (χ1v) is 11.5. The standard InChI is InChI=1S/C25H52N4O2/c1-20(2,13-24(9,10)26)16-28-18(30)22(5,6)15-23(7,8)19(31)29-17-21(3,4)14-25(11,12)27/h13-17,26-27H2,1-12H3,(H,28,30)(H,29,31). The molecular weight excluding hydrogens is 388 g/mol. The first-order valence-electron chi connectivity index (χ1n) is 11.5. The minimum atomic E-state index is -0.677. The first-order chi connectivity index (χ1) is 13.4. The monoisotopic (exact) mass is 440 g/mol. The number of hydrogen-bond acceptors (Lipinski definition) is 4. The molecule has 0 unspecified atom stereocenters. The van der Waals surface area contributed by atoms with Crippen LogP contribution < -0.4 is 22.1 Å². The van der Waals surface area contributed by atoms with Gasteiger partial charge in [-0.15, -0.1) is 0 Å². The van der Waals surface area contributed by atoms with Gasteiger partial charge in [0.2, 0.25) is 11.8 Å². The summed E-state index contributed by atoms with van der Waals surface area (Å²) in [7, 11) is 0. The lowest BCUT2D eigenvalue weighted by Crippen LogP contribution is -2.49. The summed E-state index contributed by atoms with van der Waals surface area (Å²) in [6.45, 7) is 25.1. The van der Waals surface area contributed by atoms with Gasteiger partial charge in [0.25, 0.3) is 0 Å². The molecule has 0 saturated heterocycles. The van der Waals surface area contributed by atoms with Gasteiger partial charge in [0, 0.05) is 35.0 Å². The van der Waals surface area contributed by atoms with Crippen LogP contribution in [-0.4, -0.2) is 36.0 Å². The number of carbonyl (C=O) groups excluding carboxylic acids is 2. The van der Waals surface area contributed by atoms with Gasteiger partial charge < -0.3 is 22.1 Å². The van der Waals surface area contributed by atoms with E-state index in [1.165, 1.54) is 0 Å². The zero-order valence-corrected chi connectivity index (χ0v) is 22.5. The maximum atomic E-state index is 13.0. The van der Waals surface area contributed by atoms with Crippen molar-refractivity contribution in [3.63, 3.8) is 0 Å². The minimum Gasteiger partial charge on any atom is -0.355 e. The van der Waals surface area contributed by atoms with E-state index in [-0.39, 0.29) is 33.7 Å². The van der Waals surface area contributed by atoms with Crippen molar-refractivity contribution in [1.82, 2.24) is 10.6 Å². The van der Waals surface area contributed by atoms with E-state index >= 15 is 0 Å². The van der Waals surface area contributed by atoms with E-state index in [1.807, 2.05) is 55.4 Å². The molecule has 0 heterocycles. The van der Waals surface area contributed by atoms with Crippen molar-refractivity contribution in [2.45, 2.75) is 113 Å². The van der Waals surface area contributed by atoms with E-state index in [0.29, 0.717) is 19.5 Å². The summed E-state index contributed by atoms with van der Waals surface area (Å²) in [4.78, 5) is 25.9. The van der Waals surface area contributed by atoms with Gasteiger partial charge in [-0.05, 0) is 57.8 Å². The van der Waals surface area contributed by atoms with Crippen molar-refractivity contribution in [3.05, 3.63) is 0 Å². The van der Waals surface area contributed by atoms with Crippen LogP contribution in [0.25, 0.3) is 0 Å². The number of rotatable bonds is 12. The molecule has 0 spiro atoms. The molecule has 0 aromatic carbocycles. The molecule has 6 heteroatoms. The second kappa shape index (κ2) is 9.78. The highest BCUT2D eigenvalue weighted by Crippen LogP contribution is 2.35. The first kappa shape index (κ1) is 29.9. The fourth-order valence-electron chi connectivity index (χ4n) is 4.97. The van der Waals surface area contributed by atoms with Crippen molar-refractivity contribution in [2.75, 3.05) is 13.1 Å². The molecule has 2 amide bonds. The summed E-state index contributed by atoms with van der Waals surface area (Å²) >= 11 is 0. The molecular formula is C25H52N4O2. The van der Waals surface area contributed by atoms with E-state index in [2.05, 4.69) is 38.3 Å². The Balaban J connectivity index is 4.97. The maximum absolute atomic E-state index is 13.0. The summed E-state index contributed by atoms with van der Waals surface area (Å²) in [5, 5.41) is 6.18. The number of hydrogen-bond donors (Lipinski definition) is 4. The van der Waals surface area contributed by atoms with Crippen LogP contribution in [0.3, 0.4) is 0 Å². The number of carbonyl (C=O) groups is 2. The molecule has 0 aliphatic heterocycles.